The van der Waals surface area contributed by atoms with Gasteiger partial charge in [-0.15, -0.1) is 11.8 Å². The summed E-state index contributed by atoms with van der Waals surface area (Å²) < 4.78 is 5.25. The Labute approximate surface area is 141 Å². The van der Waals surface area contributed by atoms with Crippen molar-refractivity contribution < 1.29 is 14.3 Å². The molecule has 1 aliphatic heterocycles. The highest BCUT2D eigenvalue weighted by Gasteiger charge is 2.26. The lowest BCUT2D eigenvalue weighted by atomic mass is 10.2. The van der Waals surface area contributed by atoms with Crippen LogP contribution in [0.25, 0.3) is 0 Å². The number of ether oxygens (including phenoxy) is 1. The molecule has 2 atom stereocenters. The van der Waals surface area contributed by atoms with Crippen molar-refractivity contribution in [2.75, 3.05) is 26.3 Å². The summed E-state index contributed by atoms with van der Waals surface area (Å²) >= 11 is 1.53. The summed E-state index contributed by atoms with van der Waals surface area (Å²) in [5.74, 6) is -0.128. The minimum Gasteiger partial charge on any atom is -0.378 e. The quantitative estimate of drug-likeness (QED) is 0.807. The average Bonchev–Trinajstić information content (AvgIpc) is 2.60. The molecule has 2 amide bonds. The van der Waals surface area contributed by atoms with E-state index in [1.807, 2.05) is 37.3 Å². The molecule has 0 aliphatic carbocycles. The number of hydrogen-bond donors (Lipinski definition) is 1. The Kier molecular flexibility index (Phi) is 6.92. The monoisotopic (exact) mass is 336 g/mol. The first kappa shape index (κ1) is 17.8. The number of nitrogens with zero attached hydrogens (tertiary/aromatic N) is 1. The highest BCUT2D eigenvalue weighted by atomic mass is 32.2. The maximum absolute atomic E-state index is 12.4. The van der Waals surface area contributed by atoms with E-state index in [0.29, 0.717) is 32.7 Å². The van der Waals surface area contributed by atoms with Gasteiger partial charge in [0, 0.05) is 18.0 Å². The lowest BCUT2D eigenvalue weighted by Crippen LogP contribution is -2.51. The van der Waals surface area contributed by atoms with Crippen LogP contribution in [0.1, 0.15) is 20.3 Å². The predicted octanol–water partition coefficient (Wildman–Crippen LogP) is 1.92. The molecule has 1 heterocycles. The lowest BCUT2D eigenvalue weighted by Gasteiger charge is -2.30. The van der Waals surface area contributed by atoms with Gasteiger partial charge in [-0.05, 0) is 25.5 Å². The van der Waals surface area contributed by atoms with Crippen molar-refractivity contribution in [3.8, 4) is 0 Å². The molecule has 0 unspecified atom stereocenters. The van der Waals surface area contributed by atoms with Crippen LogP contribution in [0.5, 0.6) is 0 Å². The molecule has 1 aliphatic rings. The Morgan fingerprint density at radius 1 is 1.26 bits per heavy atom. The molecule has 0 bridgehead atoms. The van der Waals surface area contributed by atoms with E-state index in [2.05, 4.69) is 5.32 Å². The molecule has 1 aromatic carbocycles. The third-order valence-corrected chi connectivity index (χ3v) is 5.11. The van der Waals surface area contributed by atoms with E-state index in [1.54, 1.807) is 11.8 Å². The molecule has 0 radical (unpaired) electrons. The molecule has 5 nitrogen and oxygen atoms in total. The molecule has 126 valence electrons. The zero-order valence-electron chi connectivity index (χ0n) is 13.7. The van der Waals surface area contributed by atoms with Gasteiger partial charge in [-0.2, -0.15) is 0 Å². The molecular formula is C17H24N2O3S. The average molecular weight is 336 g/mol. The van der Waals surface area contributed by atoms with Crippen LogP contribution in [0.3, 0.4) is 0 Å². The molecule has 0 aromatic heterocycles. The summed E-state index contributed by atoms with van der Waals surface area (Å²) in [4.78, 5) is 27.6. The minimum absolute atomic E-state index is 0.0405. The Morgan fingerprint density at radius 2 is 1.91 bits per heavy atom. The van der Waals surface area contributed by atoms with Crippen molar-refractivity contribution in [2.24, 2.45) is 0 Å². The van der Waals surface area contributed by atoms with Gasteiger partial charge in [0.25, 0.3) is 0 Å². The first-order valence-electron chi connectivity index (χ1n) is 8.00. The van der Waals surface area contributed by atoms with Gasteiger partial charge < -0.3 is 15.0 Å². The highest BCUT2D eigenvalue weighted by Crippen LogP contribution is 2.25. The van der Waals surface area contributed by atoms with Crippen molar-refractivity contribution in [2.45, 2.75) is 36.5 Å². The molecule has 23 heavy (non-hydrogen) atoms. The van der Waals surface area contributed by atoms with Gasteiger partial charge >= 0.3 is 0 Å². The minimum atomic E-state index is -0.508. The van der Waals surface area contributed by atoms with Crippen LogP contribution < -0.4 is 5.32 Å². The third-order valence-electron chi connectivity index (χ3n) is 3.74. The molecule has 1 fully saturated rings. The van der Waals surface area contributed by atoms with Crippen molar-refractivity contribution in [1.29, 1.82) is 0 Å². The summed E-state index contributed by atoms with van der Waals surface area (Å²) in [5.41, 5.74) is 0. The van der Waals surface area contributed by atoms with E-state index in [0.717, 1.165) is 4.90 Å². The molecule has 1 aromatic rings. The van der Waals surface area contributed by atoms with Crippen LogP contribution in [0.4, 0.5) is 0 Å². The number of hydrogen-bond acceptors (Lipinski definition) is 4. The summed E-state index contributed by atoms with van der Waals surface area (Å²) in [6.07, 6.45) is 0.712. The van der Waals surface area contributed by atoms with Crippen LogP contribution in [0.15, 0.2) is 35.2 Å². The number of nitrogens with one attached hydrogen (secondary N) is 1. The maximum Gasteiger partial charge on any atom is 0.245 e. The van der Waals surface area contributed by atoms with Gasteiger partial charge in [-0.3, -0.25) is 9.59 Å². The van der Waals surface area contributed by atoms with Crippen molar-refractivity contribution >= 4 is 23.6 Å². The molecule has 6 heteroatoms. The summed E-state index contributed by atoms with van der Waals surface area (Å²) in [7, 11) is 0. The lowest BCUT2D eigenvalue weighted by molar-refractivity contribution is -0.139. The largest absolute Gasteiger partial charge is 0.378 e. The van der Waals surface area contributed by atoms with Crippen molar-refractivity contribution in [1.82, 2.24) is 10.2 Å². The second kappa shape index (κ2) is 8.93. The number of amides is 2. The maximum atomic E-state index is 12.4. The summed E-state index contributed by atoms with van der Waals surface area (Å²) in [6, 6.07) is 9.33. The van der Waals surface area contributed by atoms with Crippen LogP contribution in [-0.2, 0) is 14.3 Å². The number of thioether (sulfide) groups is 1. The number of morpholine rings is 1. The zero-order chi connectivity index (χ0) is 16.7. The molecule has 2 rings (SSSR count). The topological polar surface area (TPSA) is 58.6 Å². The second-order valence-corrected chi connectivity index (χ2v) is 6.77. The van der Waals surface area contributed by atoms with E-state index in [-0.39, 0.29) is 17.1 Å². The van der Waals surface area contributed by atoms with E-state index in [1.165, 1.54) is 11.8 Å². The first-order chi connectivity index (χ1) is 11.1. The van der Waals surface area contributed by atoms with Gasteiger partial charge in [0.2, 0.25) is 11.8 Å². The van der Waals surface area contributed by atoms with Crippen LogP contribution in [0.2, 0.25) is 0 Å². The van der Waals surface area contributed by atoms with Crippen molar-refractivity contribution in [3.63, 3.8) is 0 Å². The van der Waals surface area contributed by atoms with Gasteiger partial charge in [0.15, 0.2) is 0 Å². The van der Waals surface area contributed by atoms with Crippen LogP contribution in [-0.4, -0.2) is 54.3 Å². The van der Waals surface area contributed by atoms with Crippen LogP contribution >= 0.6 is 11.8 Å². The van der Waals surface area contributed by atoms with Crippen LogP contribution in [0, 0.1) is 0 Å². The summed E-state index contributed by atoms with van der Waals surface area (Å²) in [6.45, 7) is 6.04. The van der Waals surface area contributed by atoms with E-state index in [9.17, 15) is 9.59 Å². The number of carbonyl (C=O) groups is 2. The Bertz CT molecular complexity index is 518. The Morgan fingerprint density at radius 3 is 2.52 bits per heavy atom. The third kappa shape index (κ3) is 5.25. The number of benzene rings is 1. The fourth-order valence-corrected chi connectivity index (χ4v) is 3.40. The van der Waals surface area contributed by atoms with E-state index < -0.39 is 6.04 Å². The molecular weight excluding hydrogens is 312 g/mol. The highest BCUT2D eigenvalue weighted by molar-refractivity contribution is 8.00. The van der Waals surface area contributed by atoms with Gasteiger partial charge in [-0.25, -0.2) is 0 Å². The Hall–Kier alpha value is -1.53. The fourth-order valence-electron chi connectivity index (χ4n) is 2.41. The summed E-state index contributed by atoms with van der Waals surface area (Å²) in [5, 5.41) is 2.66. The number of carbonyl (C=O) groups excluding carboxylic acids is 2. The zero-order valence-corrected chi connectivity index (χ0v) is 14.5. The second-order valence-electron chi connectivity index (χ2n) is 5.50. The van der Waals surface area contributed by atoms with Gasteiger partial charge in [0.05, 0.1) is 18.5 Å². The molecule has 0 spiro atoms. The van der Waals surface area contributed by atoms with Gasteiger partial charge in [-0.1, -0.05) is 25.1 Å². The predicted molar refractivity (Wildman–Crippen MR) is 91.4 cm³/mol. The normalized spacial score (nSPS) is 17.4. The first-order valence-corrected chi connectivity index (χ1v) is 8.88. The SMILES string of the molecule is CC[C@H](Sc1ccccc1)C(=O)N[C@@H](C)C(=O)N1CCOCC1. The molecule has 1 N–H and O–H groups in total. The van der Waals surface area contributed by atoms with E-state index in [4.69, 9.17) is 4.74 Å². The van der Waals surface area contributed by atoms with Crippen molar-refractivity contribution in [3.05, 3.63) is 30.3 Å². The molecule has 1 saturated heterocycles. The van der Waals surface area contributed by atoms with Gasteiger partial charge in [0.1, 0.15) is 6.04 Å². The Balaban J connectivity index is 1.89. The molecule has 0 saturated carbocycles. The smallest absolute Gasteiger partial charge is 0.245 e. The standard InChI is InChI=1S/C17H24N2O3S/c1-3-15(23-14-7-5-4-6-8-14)16(20)18-13(2)17(21)19-9-11-22-12-10-19/h4-8,13,15H,3,9-12H2,1-2H3,(H,18,20)/t13-,15-/m0/s1. The fraction of sp³-hybridized carbons (Fsp3) is 0.529. The van der Waals surface area contributed by atoms with E-state index >= 15 is 0 Å². The number of rotatable bonds is 6.